The molecule has 110 valence electrons. The first-order valence-corrected chi connectivity index (χ1v) is 8.00. The predicted molar refractivity (Wildman–Crippen MR) is 88.2 cm³/mol. The average Bonchev–Trinajstić information content (AvgIpc) is 2.44. The molecule has 1 aromatic carbocycles. The fraction of sp³-hybridized carbons (Fsp3) is 0.389. The minimum atomic E-state index is 0.104. The van der Waals surface area contributed by atoms with Crippen LogP contribution in [0.3, 0.4) is 0 Å². The van der Waals surface area contributed by atoms with Gasteiger partial charge in [-0.1, -0.05) is 41.9 Å². The Bertz CT molecular complexity index is 655. The molecule has 0 unspecified atom stereocenters. The molecule has 2 nitrogen and oxygen atoms in total. The first-order chi connectivity index (χ1) is 9.93. The molecule has 1 aromatic rings. The number of carbonyl (C=O) groups is 1. The molecule has 0 saturated heterocycles. The Morgan fingerprint density at radius 2 is 2.05 bits per heavy atom. The standard InChI is InChI=1S/C18H19BrO2/c1-18(2)14-10-15(18)16(20)9-11(14)4-5-12-8-13(19)6-7-17(12)21-3/h4-9,14-15H,10H2,1-3H3/b5-4+/t14-,15+/m1/s1. The van der Waals surface area contributed by atoms with Gasteiger partial charge in [-0.05, 0) is 47.6 Å². The minimum Gasteiger partial charge on any atom is -0.496 e. The quantitative estimate of drug-likeness (QED) is 0.796. The molecule has 0 aromatic heterocycles. The zero-order valence-corrected chi connectivity index (χ0v) is 14.1. The molecule has 1 fully saturated rings. The molecule has 21 heavy (non-hydrogen) atoms. The van der Waals surface area contributed by atoms with Crippen molar-refractivity contribution in [2.75, 3.05) is 7.11 Å². The van der Waals surface area contributed by atoms with Crippen LogP contribution >= 0.6 is 15.9 Å². The van der Waals surface area contributed by atoms with Crippen LogP contribution in [0.5, 0.6) is 5.75 Å². The smallest absolute Gasteiger partial charge is 0.159 e. The predicted octanol–water partition coefficient (Wildman–Crippen LogP) is 4.64. The minimum absolute atomic E-state index is 0.104. The number of ketones is 1. The van der Waals surface area contributed by atoms with E-state index in [1.165, 1.54) is 0 Å². The van der Waals surface area contributed by atoms with Crippen LogP contribution in [0.15, 0.2) is 40.4 Å². The van der Waals surface area contributed by atoms with Crippen molar-refractivity contribution in [1.82, 2.24) is 0 Å². The van der Waals surface area contributed by atoms with Gasteiger partial charge in [0.15, 0.2) is 5.78 Å². The molecule has 2 bridgehead atoms. The maximum Gasteiger partial charge on any atom is 0.159 e. The van der Waals surface area contributed by atoms with Gasteiger partial charge in [-0.25, -0.2) is 0 Å². The third-order valence-corrected chi connectivity index (χ3v) is 5.46. The second-order valence-electron chi connectivity index (χ2n) is 6.43. The number of hydrogen-bond donors (Lipinski definition) is 0. The van der Waals surface area contributed by atoms with Gasteiger partial charge in [-0.3, -0.25) is 4.79 Å². The lowest BCUT2D eigenvalue weighted by Crippen LogP contribution is -2.52. The Morgan fingerprint density at radius 3 is 2.67 bits per heavy atom. The SMILES string of the molecule is COc1ccc(Br)cc1/C=C/C1=CC(=O)[C@@H]2C[C@H]1C2(C)C. The Balaban J connectivity index is 1.90. The molecule has 3 aliphatic rings. The topological polar surface area (TPSA) is 26.3 Å². The second-order valence-corrected chi connectivity index (χ2v) is 7.34. The van der Waals surface area contributed by atoms with E-state index in [0.29, 0.717) is 5.92 Å². The molecule has 4 rings (SSSR count). The van der Waals surface area contributed by atoms with Gasteiger partial charge in [-0.2, -0.15) is 0 Å². The van der Waals surface area contributed by atoms with Crippen LogP contribution < -0.4 is 4.74 Å². The van der Waals surface area contributed by atoms with Gasteiger partial charge < -0.3 is 4.74 Å². The molecule has 0 heterocycles. The molecule has 0 spiro atoms. The van der Waals surface area contributed by atoms with Crippen molar-refractivity contribution in [3.63, 3.8) is 0 Å². The van der Waals surface area contributed by atoms with Crippen molar-refractivity contribution in [1.29, 1.82) is 0 Å². The Labute approximate surface area is 134 Å². The van der Waals surface area contributed by atoms with E-state index in [4.69, 9.17) is 4.74 Å². The summed E-state index contributed by atoms with van der Waals surface area (Å²) >= 11 is 3.48. The van der Waals surface area contributed by atoms with Crippen LogP contribution in [0.4, 0.5) is 0 Å². The summed E-state index contributed by atoms with van der Waals surface area (Å²) in [6, 6.07) is 5.92. The summed E-state index contributed by atoms with van der Waals surface area (Å²) in [5.41, 5.74) is 2.27. The lowest BCUT2D eigenvalue weighted by molar-refractivity contribution is -0.133. The Morgan fingerprint density at radius 1 is 1.29 bits per heavy atom. The van der Waals surface area contributed by atoms with Crippen molar-refractivity contribution in [3.8, 4) is 5.75 Å². The Hall–Kier alpha value is -1.35. The zero-order chi connectivity index (χ0) is 15.2. The van der Waals surface area contributed by atoms with E-state index in [1.54, 1.807) is 7.11 Å². The highest BCUT2D eigenvalue weighted by Gasteiger charge is 2.54. The second kappa shape index (κ2) is 5.13. The summed E-state index contributed by atoms with van der Waals surface area (Å²) in [7, 11) is 1.67. The van der Waals surface area contributed by atoms with Gasteiger partial charge >= 0.3 is 0 Å². The van der Waals surface area contributed by atoms with Crippen molar-refractivity contribution < 1.29 is 9.53 Å². The molecule has 2 atom stereocenters. The number of carbonyl (C=O) groups excluding carboxylic acids is 1. The maximum atomic E-state index is 12.1. The average molecular weight is 347 g/mol. The largest absolute Gasteiger partial charge is 0.496 e. The van der Waals surface area contributed by atoms with E-state index in [-0.39, 0.29) is 17.1 Å². The van der Waals surface area contributed by atoms with Crippen LogP contribution in [0.2, 0.25) is 0 Å². The van der Waals surface area contributed by atoms with Gasteiger partial charge in [-0.15, -0.1) is 0 Å². The van der Waals surface area contributed by atoms with Crippen LogP contribution in [0.1, 0.15) is 25.8 Å². The fourth-order valence-electron chi connectivity index (χ4n) is 3.53. The van der Waals surface area contributed by atoms with Crippen LogP contribution in [-0.4, -0.2) is 12.9 Å². The van der Waals surface area contributed by atoms with E-state index >= 15 is 0 Å². The molecule has 0 radical (unpaired) electrons. The highest BCUT2D eigenvalue weighted by atomic mass is 79.9. The van der Waals surface area contributed by atoms with Crippen LogP contribution in [0.25, 0.3) is 6.08 Å². The van der Waals surface area contributed by atoms with Crippen molar-refractivity contribution in [2.24, 2.45) is 17.3 Å². The van der Waals surface area contributed by atoms with Gasteiger partial charge in [0.25, 0.3) is 0 Å². The number of allylic oxidation sites excluding steroid dienone is 3. The monoisotopic (exact) mass is 346 g/mol. The van der Waals surface area contributed by atoms with E-state index in [9.17, 15) is 4.79 Å². The summed E-state index contributed by atoms with van der Waals surface area (Å²) in [5, 5.41) is 0. The van der Waals surface area contributed by atoms with E-state index in [1.807, 2.05) is 30.4 Å². The summed E-state index contributed by atoms with van der Waals surface area (Å²) < 4.78 is 6.40. The molecular formula is C18H19BrO2. The summed E-state index contributed by atoms with van der Waals surface area (Å²) in [6.45, 7) is 4.40. The number of benzene rings is 1. The molecule has 0 aliphatic heterocycles. The summed E-state index contributed by atoms with van der Waals surface area (Å²) in [5.74, 6) is 1.83. The van der Waals surface area contributed by atoms with Gasteiger partial charge in [0, 0.05) is 16.0 Å². The molecule has 3 aliphatic carbocycles. The number of ether oxygens (including phenoxy) is 1. The van der Waals surface area contributed by atoms with E-state index in [2.05, 4.69) is 35.9 Å². The van der Waals surface area contributed by atoms with Gasteiger partial charge in [0.2, 0.25) is 0 Å². The molecular weight excluding hydrogens is 328 g/mol. The van der Waals surface area contributed by atoms with Crippen molar-refractivity contribution >= 4 is 27.8 Å². The normalized spacial score (nSPS) is 26.5. The van der Waals surface area contributed by atoms with E-state index in [0.717, 1.165) is 27.8 Å². The third-order valence-electron chi connectivity index (χ3n) is 4.97. The van der Waals surface area contributed by atoms with E-state index < -0.39 is 0 Å². The third kappa shape index (κ3) is 2.38. The highest BCUT2D eigenvalue weighted by molar-refractivity contribution is 9.10. The lowest BCUT2D eigenvalue weighted by atomic mass is 9.48. The number of methoxy groups -OCH3 is 1. The van der Waals surface area contributed by atoms with Crippen LogP contribution in [0, 0.1) is 17.3 Å². The summed E-state index contributed by atoms with van der Waals surface area (Å²) in [6.07, 6.45) is 6.93. The Kier molecular flexibility index (Phi) is 3.56. The number of rotatable bonds is 3. The molecule has 0 N–H and O–H groups in total. The maximum absolute atomic E-state index is 12.1. The highest BCUT2D eigenvalue weighted by Crippen LogP contribution is 2.58. The molecule has 0 amide bonds. The number of hydrogen-bond acceptors (Lipinski definition) is 2. The number of fused-ring (bicyclic) bond motifs is 1. The molecule has 3 heteroatoms. The summed E-state index contributed by atoms with van der Waals surface area (Å²) in [4.78, 5) is 12.1. The first kappa shape index (κ1) is 14.6. The van der Waals surface area contributed by atoms with Crippen molar-refractivity contribution in [2.45, 2.75) is 20.3 Å². The van der Waals surface area contributed by atoms with Crippen molar-refractivity contribution in [3.05, 3.63) is 46.0 Å². The lowest BCUT2D eigenvalue weighted by Gasteiger charge is -2.54. The number of halogens is 1. The van der Waals surface area contributed by atoms with Crippen LogP contribution in [-0.2, 0) is 4.79 Å². The van der Waals surface area contributed by atoms with Gasteiger partial charge in [0.05, 0.1) is 7.11 Å². The van der Waals surface area contributed by atoms with Gasteiger partial charge in [0.1, 0.15) is 5.75 Å². The zero-order valence-electron chi connectivity index (χ0n) is 12.5. The first-order valence-electron chi connectivity index (χ1n) is 7.20. The molecule has 1 saturated carbocycles. The fourth-order valence-corrected chi connectivity index (χ4v) is 3.90.